The first-order chi connectivity index (χ1) is 11.5. The summed E-state index contributed by atoms with van der Waals surface area (Å²) < 4.78 is 24.5. The van der Waals surface area contributed by atoms with Crippen molar-refractivity contribution in [3.05, 3.63) is 58.4 Å². The van der Waals surface area contributed by atoms with Crippen LogP contribution in [0.5, 0.6) is 11.5 Å². The van der Waals surface area contributed by atoms with Crippen LogP contribution in [0.3, 0.4) is 0 Å². The van der Waals surface area contributed by atoms with Gasteiger partial charge in [-0.15, -0.1) is 0 Å². The summed E-state index contributed by atoms with van der Waals surface area (Å²) in [4.78, 5) is 12.3. The summed E-state index contributed by atoms with van der Waals surface area (Å²) in [6.45, 7) is 4.21. The van der Waals surface area contributed by atoms with E-state index in [-0.39, 0.29) is 11.6 Å². The van der Waals surface area contributed by atoms with E-state index < -0.39 is 11.7 Å². The molecular weight excluding hydrogens is 333 g/mol. The topological polar surface area (TPSA) is 47.6 Å². The standard InChI is InChI=1S/C18H19ClFNO3/c1-4-24-16-8-5-12(9-17(16)23-3)11(2)21-18(22)14-10-13(19)6-7-15(14)20/h5-11H,4H2,1-3H3,(H,21,22). The van der Waals surface area contributed by atoms with Gasteiger partial charge in [0.25, 0.3) is 5.91 Å². The summed E-state index contributed by atoms with van der Waals surface area (Å²) >= 11 is 5.82. The normalized spacial score (nSPS) is 11.7. The van der Waals surface area contributed by atoms with Gasteiger partial charge in [0.15, 0.2) is 11.5 Å². The van der Waals surface area contributed by atoms with Crippen molar-refractivity contribution >= 4 is 17.5 Å². The number of hydrogen-bond donors (Lipinski definition) is 1. The van der Waals surface area contributed by atoms with Crippen LogP contribution in [0.15, 0.2) is 36.4 Å². The third-order valence-electron chi connectivity index (χ3n) is 3.51. The Balaban J connectivity index is 2.18. The maximum atomic E-state index is 13.8. The van der Waals surface area contributed by atoms with Gasteiger partial charge in [0.05, 0.1) is 25.3 Å². The molecule has 0 aromatic heterocycles. The van der Waals surface area contributed by atoms with Crippen LogP contribution in [0.2, 0.25) is 5.02 Å². The summed E-state index contributed by atoms with van der Waals surface area (Å²) in [5.41, 5.74) is 0.721. The van der Waals surface area contributed by atoms with Crippen molar-refractivity contribution in [2.45, 2.75) is 19.9 Å². The monoisotopic (exact) mass is 351 g/mol. The molecule has 0 bridgehead atoms. The summed E-state index contributed by atoms with van der Waals surface area (Å²) in [6.07, 6.45) is 0. The van der Waals surface area contributed by atoms with E-state index >= 15 is 0 Å². The van der Waals surface area contributed by atoms with Gasteiger partial charge in [-0.25, -0.2) is 4.39 Å². The Hall–Kier alpha value is -2.27. The molecule has 0 aliphatic carbocycles. The quantitative estimate of drug-likeness (QED) is 0.840. The minimum Gasteiger partial charge on any atom is -0.493 e. The average molecular weight is 352 g/mol. The third kappa shape index (κ3) is 4.17. The minimum atomic E-state index is -0.617. The molecule has 128 valence electrons. The molecule has 1 N–H and O–H groups in total. The number of carbonyl (C=O) groups excluding carboxylic acids is 1. The first-order valence-corrected chi connectivity index (χ1v) is 7.90. The molecule has 0 aliphatic rings. The highest BCUT2D eigenvalue weighted by molar-refractivity contribution is 6.31. The molecule has 0 saturated carbocycles. The number of ether oxygens (including phenoxy) is 2. The number of halogens is 2. The van der Waals surface area contributed by atoms with E-state index in [9.17, 15) is 9.18 Å². The van der Waals surface area contributed by atoms with Crippen molar-refractivity contribution in [3.8, 4) is 11.5 Å². The molecule has 0 aliphatic heterocycles. The van der Waals surface area contributed by atoms with Crippen LogP contribution < -0.4 is 14.8 Å². The molecule has 24 heavy (non-hydrogen) atoms. The fraction of sp³-hybridized carbons (Fsp3) is 0.278. The lowest BCUT2D eigenvalue weighted by Crippen LogP contribution is -2.27. The fourth-order valence-electron chi connectivity index (χ4n) is 2.26. The van der Waals surface area contributed by atoms with E-state index in [2.05, 4.69) is 5.32 Å². The number of methoxy groups -OCH3 is 1. The van der Waals surface area contributed by atoms with Crippen LogP contribution in [-0.4, -0.2) is 19.6 Å². The Bertz CT molecular complexity index is 736. The molecule has 0 heterocycles. The molecule has 6 heteroatoms. The molecule has 0 fully saturated rings. The van der Waals surface area contributed by atoms with Crippen molar-refractivity contribution in [2.24, 2.45) is 0 Å². The second-order valence-corrected chi connectivity index (χ2v) is 5.60. The average Bonchev–Trinajstić information content (AvgIpc) is 2.57. The van der Waals surface area contributed by atoms with Gasteiger partial charge in [-0.1, -0.05) is 17.7 Å². The lowest BCUT2D eigenvalue weighted by atomic mass is 10.1. The van der Waals surface area contributed by atoms with Crippen LogP contribution in [0.25, 0.3) is 0 Å². The van der Waals surface area contributed by atoms with Gasteiger partial charge in [-0.05, 0) is 49.7 Å². The van der Waals surface area contributed by atoms with Crippen molar-refractivity contribution in [3.63, 3.8) is 0 Å². The van der Waals surface area contributed by atoms with Crippen LogP contribution in [0.4, 0.5) is 4.39 Å². The van der Waals surface area contributed by atoms with Gasteiger partial charge in [0, 0.05) is 5.02 Å². The SMILES string of the molecule is CCOc1ccc(C(C)NC(=O)c2cc(Cl)ccc2F)cc1OC. The van der Waals surface area contributed by atoms with Gasteiger partial charge in [-0.2, -0.15) is 0 Å². The zero-order valence-corrected chi connectivity index (χ0v) is 14.5. The Morgan fingerprint density at radius 2 is 2.00 bits per heavy atom. The van der Waals surface area contributed by atoms with Crippen molar-refractivity contribution in [1.82, 2.24) is 5.32 Å². The van der Waals surface area contributed by atoms with Crippen LogP contribution in [0.1, 0.15) is 35.8 Å². The van der Waals surface area contributed by atoms with Gasteiger partial charge in [0.2, 0.25) is 0 Å². The highest BCUT2D eigenvalue weighted by Crippen LogP contribution is 2.30. The Morgan fingerprint density at radius 3 is 2.67 bits per heavy atom. The molecule has 2 aromatic rings. The fourth-order valence-corrected chi connectivity index (χ4v) is 2.43. The predicted octanol–water partition coefficient (Wildman–Crippen LogP) is 4.38. The number of amides is 1. The van der Waals surface area contributed by atoms with Crippen LogP contribution in [0, 0.1) is 5.82 Å². The highest BCUT2D eigenvalue weighted by atomic mass is 35.5. The maximum Gasteiger partial charge on any atom is 0.254 e. The number of benzene rings is 2. The molecule has 1 amide bonds. The minimum absolute atomic E-state index is 0.0905. The van der Waals surface area contributed by atoms with E-state index in [0.717, 1.165) is 5.56 Å². The van der Waals surface area contributed by atoms with E-state index in [0.29, 0.717) is 23.1 Å². The zero-order valence-electron chi connectivity index (χ0n) is 13.7. The van der Waals surface area contributed by atoms with E-state index in [4.69, 9.17) is 21.1 Å². The molecule has 2 rings (SSSR count). The van der Waals surface area contributed by atoms with E-state index in [1.54, 1.807) is 26.2 Å². The number of hydrogen-bond acceptors (Lipinski definition) is 3. The van der Waals surface area contributed by atoms with Gasteiger partial charge >= 0.3 is 0 Å². The second-order valence-electron chi connectivity index (χ2n) is 5.16. The lowest BCUT2D eigenvalue weighted by Gasteiger charge is -2.17. The molecule has 1 atom stereocenters. The number of rotatable bonds is 6. The smallest absolute Gasteiger partial charge is 0.254 e. The molecular formula is C18H19ClFNO3. The van der Waals surface area contributed by atoms with Gasteiger partial charge < -0.3 is 14.8 Å². The van der Waals surface area contributed by atoms with Gasteiger partial charge in [0.1, 0.15) is 5.82 Å². The first-order valence-electron chi connectivity index (χ1n) is 7.53. The van der Waals surface area contributed by atoms with Crippen molar-refractivity contribution in [2.75, 3.05) is 13.7 Å². The molecule has 2 aromatic carbocycles. The van der Waals surface area contributed by atoms with E-state index in [1.807, 2.05) is 13.0 Å². The highest BCUT2D eigenvalue weighted by Gasteiger charge is 2.17. The largest absolute Gasteiger partial charge is 0.493 e. The van der Waals surface area contributed by atoms with E-state index in [1.165, 1.54) is 18.2 Å². The molecule has 4 nitrogen and oxygen atoms in total. The molecule has 0 spiro atoms. The lowest BCUT2D eigenvalue weighted by molar-refractivity contribution is 0.0935. The summed E-state index contributed by atoms with van der Waals surface area (Å²) in [5.74, 6) is 0.0521. The number of nitrogens with one attached hydrogen (secondary N) is 1. The summed E-state index contributed by atoms with van der Waals surface area (Å²) in [7, 11) is 1.55. The predicted molar refractivity (Wildman–Crippen MR) is 91.5 cm³/mol. The maximum absolute atomic E-state index is 13.8. The first kappa shape index (κ1) is 18.1. The Labute approximate surface area is 145 Å². The second kappa shape index (κ2) is 8.02. The van der Waals surface area contributed by atoms with Crippen molar-refractivity contribution in [1.29, 1.82) is 0 Å². The number of carbonyl (C=O) groups is 1. The Kier molecular flexibility index (Phi) is 6.04. The summed E-state index contributed by atoms with van der Waals surface area (Å²) in [5, 5.41) is 3.05. The van der Waals surface area contributed by atoms with Crippen molar-refractivity contribution < 1.29 is 18.7 Å². The van der Waals surface area contributed by atoms with Crippen LogP contribution in [-0.2, 0) is 0 Å². The molecule has 1 unspecified atom stereocenters. The molecule has 0 radical (unpaired) electrons. The molecule has 0 saturated heterocycles. The van der Waals surface area contributed by atoms with Gasteiger partial charge in [-0.3, -0.25) is 4.79 Å². The summed E-state index contributed by atoms with van der Waals surface area (Å²) in [6, 6.07) is 8.91. The van der Waals surface area contributed by atoms with Crippen LogP contribution >= 0.6 is 11.6 Å². The Morgan fingerprint density at radius 1 is 1.25 bits per heavy atom. The zero-order chi connectivity index (χ0) is 17.7. The third-order valence-corrected chi connectivity index (χ3v) is 3.74.